The number of anilines is 1. The number of allylic oxidation sites excluding steroid dienone is 2. The summed E-state index contributed by atoms with van der Waals surface area (Å²) in [5.74, 6) is 0.775. The Kier molecular flexibility index (Phi) is 5.77. The van der Waals surface area contributed by atoms with E-state index in [-0.39, 0.29) is 29.7 Å². The van der Waals surface area contributed by atoms with Gasteiger partial charge in [-0.05, 0) is 33.1 Å². The predicted molar refractivity (Wildman–Crippen MR) is 105 cm³/mol. The molecule has 7 nitrogen and oxygen atoms in total. The highest BCUT2D eigenvalue weighted by molar-refractivity contribution is 5.95. The monoisotopic (exact) mass is 371 g/mol. The molecule has 0 radical (unpaired) electrons. The Hall–Kier alpha value is -2.44. The van der Waals surface area contributed by atoms with Crippen LogP contribution in [-0.4, -0.2) is 59.9 Å². The molecule has 2 heterocycles. The first-order chi connectivity index (χ1) is 12.9. The molecule has 2 amide bonds. The van der Waals surface area contributed by atoms with Crippen molar-refractivity contribution in [1.29, 1.82) is 0 Å². The number of amides is 2. The topological polar surface area (TPSA) is 78.4 Å². The van der Waals surface area contributed by atoms with Crippen LogP contribution in [0.15, 0.2) is 18.3 Å². The van der Waals surface area contributed by atoms with Crippen LogP contribution in [0.3, 0.4) is 0 Å². The van der Waals surface area contributed by atoms with Crippen molar-refractivity contribution in [2.45, 2.75) is 45.1 Å². The molecular formula is C20H29N5O2. The van der Waals surface area contributed by atoms with Crippen molar-refractivity contribution in [3.8, 4) is 0 Å². The van der Waals surface area contributed by atoms with Gasteiger partial charge in [0.2, 0.25) is 11.9 Å². The lowest BCUT2D eigenvalue weighted by molar-refractivity contribution is -0.134. The fourth-order valence-corrected chi connectivity index (χ4v) is 3.69. The van der Waals surface area contributed by atoms with Gasteiger partial charge in [0.05, 0.1) is 11.3 Å². The molecule has 1 aliphatic carbocycles. The molecule has 1 N–H and O–H groups in total. The summed E-state index contributed by atoms with van der Waals surface area (Å²) in [7, 11) is 3.76. The first-order valence-electron chi connectivity index (χ1n) is 9.65. The Morgan fingerprint density at radius 1 is 1.26 bits per heavy atom. The molecule has 0 saturated carbocycles. The normalized spacial score (nSPS) is 19.7. The molecule has 0 aromatic carbocycles. The van der Waals surface area contributed by atoms with Gasteiger partial charge in [-0.3, -0.25) is 9.59 Å². The average Bonchev–Trinajstić information content (AvgIpc) is 3.32. The van der Waals surface area contributed by atoms with E-state index in [4.69, 9.17) is 0 Å². The lowest BCUT2D eigenvalue weighted by atomic mass is 9.99. The Bertz CT molecular complexity index is 736. The Labute approximate surface area is 160 Å². The number of rotatable bonds is 5. The summed E-state index contributed by atoms with van der Waals surface area (Å²) < 4.78 is 0. The van der Waals surface area contributed by atoms with Crippen LogP contribution in [0.2, 0.25) is 0 Å². The molecule has 0 spiro atoms. The van der Waals surface area contributed by atoms with Crippen molar-refractivity contribution >= 4 is 17.8 Å². The summed E-state index contributed by atoms with van der Waals surface area (Å²) in [4.78, 5) is 38.1. The number of nitrogens with zero attached hydrogens (tertiary/aromatic N) is 4. The second-order valence-corrected chi connectivity index (χ2v) is 7.90. The number of likely N-dealkylation sites (tertiary alicyclic amines) is 1. The molecule has 146 valence electrons. The molecule has 2 aliphatic rings. The summed E-state index contributed by atoms with van der Waals surface area (Å²) in [6.45, 7) is 5.18. The van der Waals surface area contributed by atoms with Crippen LogP contribution in [-0.2, 0) is 4.79 Å². The molecule has 1 saturated heterocycles. The van der Waals surface area contributed by atoms with Gasteiger partial charge in [0.25, 0.3) is 5.91 Å². The van der Waals surface area contributed by atoms with E-state index in [1.165, 1.54) is 0 Å². The average molecular weight is 371 g/mol. The van der Waals surface area contributed by atoms with E-state index in [2.05, 4.69) is 27.4 Å². The predicted octanol–water partition coefficient (Wildman–Crippen LogP) is 1.96. The summed E-state index contributed by atoms with van der Waals surface area (Å²) in [6.07, 6.45) is 8.26. The number of aromatic nitrogens is 2. The molecule has 1 aromatic rings. The summed E-state index contributed by atoms with van der Waals surface area (Å²) in [6, 6.07) is 0.0374. The number of hydrogen-bond acceptors (Lipinski definition) is 5. The number of nitrogens with one attached hydrogen (secondary N) is 1. The van der Waals surface area contributed by atoms with Crippen LogP contribution >= 0.6 is 0 Å². The Morgan fingerprint density at radius 3 is 2.59 bits per heavy atom. The SMILES string of the molecule is CC(C)NC(=O)c1cnc(N(C)C)nc1C1CCN(C(=O)C2CC=CC2)C1. The quantitative estimate of drug-likeness (QED) is 0.801. The van der Waals surface area contributed by atoms with Gasteiger partial charge >= 0.3 is 0 Å². The zero-order valence-corrected chi connectivity index (χ0v) is 16.6. The fourth-order valence-electron chi connectivity index (χ4n) is 3.69. The summed E-state index contributed by atoms with van der Waals surface area (Å²) in [5.41, 5.74) is 1.25. The second kappa shape index (κ2) is 8.06. The maximum Gasteiger partial charge on any atom is 0.254 e. The molecule has 3 rings (SSSR count). The maximum atomic E-state index is 12.7. The standard InChI is InChI=1S/C20H29N5O2/c1-13(2)22-18(26)16-11-21-20(24(3)4)23-17(16)15-9-10-25(12-15)19(27)14-7-5-6-8-14/h5-6,11,13-15H,7-10,12H2,1-4H3,(H,22,26). The maximum absolute atomic E-state index is 12.7. The van der Waals surface area contributed by atoms with Gasteiger partial charge in [0, 0.05) is 51.3 Å². The zero-order chi connectivity index (χ0) is 19.6. The van der Waals surface area contributed by atoms with E-state index < -0.39 is 0 Å². The van der Waals surface area contributed by atoms with Crippen LogP contribution in [0.5, 0.6) is 0 Å². The van der Waals surface area contributed by atoms with Crippen molar-refractivity contribution in [2.24, 2.45) is 5.92 Å². The van der Waals surface area contributed by atoms with Gasteiger partial charge < -0.3 is 15.1 Å². The molecule has 1 aromatic heterocycles. The highest BCUT2D eigenvalue weighted by Gasteiger charge is 2.34. The number of carbonyl (C=O) groups is 2. The van der Waals surface area contributed by atoms with E-state index in [1.54, 1.807) is 6.20 Å². The third kappa shape index (κ3) is 4.28. The van der Waals surface area contributed by atoms with E-state index >= 15 is 0 Å². The van der Waals surface area contributed by atoms with Crippen LogP contribution in [0, 0.1) is 5.92 Å². The smallest absolute Gasteiger partial charge is 0.254 e. The Balaban J connectivity index is 1.82. The van der Waals surface area contributed by atoms with Crippen molar-refractivity contribution in [3.63, 3.8) is 0 Å². The lowest BCUT2D eigenvalue weighted by Crippen LogP contribution is -2.34. The Morgan fingerprint density at radius 2 is 1.96 bits per heavy atom. The number of carbonyl (C=O) groups excluding carboxylic acids is 2. The van der Waals surface area contributed by atoms with Crippen molar-refractivity contribution in [1.82, 2.24) is 20.2 Å². The molecule has 1 aliphatic heterocycles. The highest BCUT2D eigenvalue weighted by atomic mass is 16.2. The minimum atomic E-state index is -0.157. The van der Waals surface area contributed by atoms with Gasteiger partial charge in [-0.25, -0.2) is 9.97 Å². The third-order valence-electron chi connectivity index (χ3n) is 5.11. The van der Waals surface area contributed by atoms with E-state index in [0.717, 1.165) is 25.0 Å². The zero-order valence-electron chi connectivity index (χ0n) is 16.6. The van der Waals surface area contributed by atoms with Crippen LogP contribution in [0.1, 0.15) is 55.1 Å². The molecule has 1 unspecified atom stereocenters. The van der Waals surface area contributed by atoms with Crippen LogP contribution in [0.4, 0.5) is 5.95 Å². The lowest BCUT2D eigenvalue weighted by Gasteiger charge is -2.21. The molecule has 1 fully saturated rings. The van der Waals surface area contributed by atoms with Gasteiger partial charge in [0.1, 0.15) is 0 Å². The molecule has 7 heteroatoms. The van der Waals surface area contributed by atoms with Crippen LogP contribution < -0.4 is 10.2 Å². The molecule has 1 atom stereocenters. The second-order valence-electron chi connectivity index (χ2n) is 7.90. The van der Waals surface area contributed by atoms with Crippen molar-refractivity contribution < 1.29 is 9.59 Å². The van der Waals surface area contributed by atoms with Gasteiger partial charge in [-0.1, -0.05) is 12.2 Å². The molecule has 27 heavy (non-hydrogen) atoms. The summed E-state index contributed by atoms with van der Waals surface area (Å²) >= 11 is 0. The van der Waals surface area contributed by atoms with Crippen LogP contribution in [0.25, 0.3) is 0 Å². The first kappa shape index (κ1) is 19.3. The van der Waals surface area contributed by atoms with E-state index in [9.17, 15) is 9.59 Å². The summed E-state index contributed by atoms with van der Waals surface area (Å²) in [5, 5.41) is 2.93. The minimum Gasteiger partial charge on any atom is -0.350 e. The van der Waals surface area contributed by atoms with Crippen molar-refractivity contribution in [3.05, 3.63) is 29.6 Å². The van der Waals surface area contributed by atoms with Gasteiger partial charge in [-0.2, -0.15) is 0 Å². The minimum absolute atomic E-state index is 0.0374. The van der Waals surface area contributed by atoms with E-state index in [1.807, 2.05) is 37.7 Å². The first-order valence-corrected chi connectivity index (χ1v) is 9.65. The molecule has 0 bridgehead atoms. The number of hydrogen-bond donors (Lipinski definition) is 1. The highest BCUT2D eigenvalue weighted by Crippen LogP contribution is 2.31. The fraction of sp³-hybridized carbons (Fsp3) is 0.600. The van der Waals surface area contributed by atoms with Gasteiger partial charge in [0.15, 0.2) is 0 Å². The van der Waals surface area contributed by atoms with Crippen molar-refractivity contribution in [2.75, 3.05) is 32.1 Å². The molecular weight excluding hydrogens is 342 g/mol. The van der Waals surface area contributed by atoms with Gasteiger partial charge in [-0.15, -0.1) is 0 Å². The third-order valence-corrected chi connectivity index (χ3v) is 5.11. The largest absolute Gasteiger partial charge is 0.350 e. The van der Waals surface area contributed by atoms with E-state index in [0.29, 0.717) is 24.6 Å².